The largest absolute Gasteiger partial charge is 0.340 e. The molecule has 1 aromatic carbocycles. The van der Waals surface area contributed by atoms with Crippen molar-refractivity contribution in [3.63, 3.8) is 0 Å². The number of rotatable bonds is 4. The van der Waals surface area contributed by atoms with Gasteiger partial charge in [-0.3, -0.25) is 4.79 Å². The van der Waals surface area contributed by atoms with Gasteiger partial charge in [-0.2, -0.15) is 5.10 Å². The Labute approximate surface area is 169 Å². The van der Waals surface area contributed by atoms with Gasteiger partial charge < -0.3 is 4.90 Å². The van der Waals surface area contributed by atoms with Crippen LogP contribution in [0.2, 0.25) is 0 Å². The van der Waals surface area contributed by atoms with Crippen LogP contribution in [-0.2, 0) is 4.79 Å². The van der Waals surface area contributed by atoms with Crippen molar-refractivity contribution in [1.29, 1.82) is 0 Å². The third kappa shape index (κ3) is 4.04. The number of carbonyl (C=O) groups excluding carboxylic acids is 1. The van der Waals surface area contributed by atoms with E-state index in [0.29, 0.717) is 19.0 Å². The molecule has 150 valence electrons. The molecule has 1 amide bonds. The third-order valence-corrected chi connectivity index (χ3v) is 5.39. The van der Waals surface area contributed by atoms with Crippen LogP contribution < -0.4 is 0 Å². The molecule has 0 spiro atoms. The number of hydrogen-bond donors (Lipinski definition) is 0. The fourth-order valence-electron chi connectivity index (χ4n) is 3.76. The molecule has 1 fully saturated rings. The number of aryl methyl sites for hydroxylation is 1. The van der Waals surface area contributed by atoms with Crippen LogP contribution >= 0.6 is 0 Å². The lowest BCUT2D eigenvalue weighted by Crippen LogP contribution is -2.41. The van der Waals surface area contributed by atoms with E-state index < -0.39 is 12.1 Å². The minimum atomic E-state index is -1.46. The number of amides is 1. The van der Waals surface area contributed by atoms with Crippen molar-refractivity contribution >= 4 is 5.91 Å². The van der Waals surface area contributed by atoms with E-state index in [4.69, 9.17) is 5.10 Å². The minimum absolute atomic E-state index is 0.199. The van der Waals surface area contributed by atoms with Crippen molar-refractivity contribution in [1.82, 2.24) is 24.6 Å². The molecule has 6 nitrogen and oxygen atoms in total. The first kappa shape index (κ1) is 19.2. The lowest BCUT2D eigenvalue weighted by molar-refractivity contribution is -0.137. The third-order valence-electron chi connectivity index (χ3n) is 5.39. The van der Waals surface area contributed by atoms with Gasteiger partial charge in [0, 0.05) is 37.0 Å². The van der Waals surface area contributed by atoms with Crippen LogP contribution in [0, 0.1) is 6.92 Å². The van der Waals surface area contributed by atoms with E-state index in [1.807, 2.05) is 0 Å². The van der Waals surface area contributed by atoms with Crippen LogP contribution in [0.1, 0.15) is 36.9 Å². The number of aromatic nitrogens is 4. The van der Waals surface area contributed by atoms with E-state index in [-0.39, 0.29) is 5.92 Å². The molecule has 0 bridgehead atoms. The Hall–Kier alpha value is -3.09. The van der Waals surface area contributed by atoms with Crippen molar-refractivity contribution < 1.29 is 9.18 Å². The standard InChI is InChI=1S/C22H24FN5O/c1-15-4-6-17(7-5-15)19-14-20(28(26-19)22-24-10-3-11-25-22)18-8-12-27(13-9-18)21(29)16(2)23/h3-7,10-11,14,16,18H,8-9,12-13H2,1-2H3. The summed E-state index contributed by atoms with van der Waals surface area (Å²) < 4.78 is 15.2. The Balaban J connectivity index is 1.65. The number of benzene rings is 1. The molecule has 7 heteroatoms. The highest BCUT2D eigenvalue weighted by Gasteiger charge is 2.29. The fourth-order valence-corrected chi connectivity index (χ4v) is 3.76. The summed E-state index contributed by atoms with van der Waals surface area (Å²) in [4.78, 5) is 22.3. The Morgan fingerprint density at radius 2 is 1.79 bits per heavy atom. The lowest BCUT2D eigenvalue weighted by Gasteiger charge is -2.32. The van der Waals surface area contributed by atoms with Gasteiger partial charge in [0.25, 0.3) is 11.9 Å². The Bertz CT molecular complexity index is 976. The van der Waals surface area contributed by atoms with Crippen LogP contribution in [0.25, 0.3) is 17.2 Å². The van der Waals surface area contributed by atoms with E-state index in [1.165, 1.54) is 12.5 Å². The summed E-state index contributed by atoms with van der Waals surface area (Å²) in [6.07, 6.45) is 3.45. The maximum absolute atomic E-state index is 13.4. The molecule has 29 heavy (non-hydrogen) atoms. The second-order valence-electron chi connectivity index (χ2n) is 7.50. The molecular weight excluding hydrogens is 369 g/mol. The first-order chi connectivity index (χ1) is 14.0. The molecule has 0 N–H and O–H groups in total. The van der Waals surface area contributed by atoms with Crippen molar-refractivity contribution in [3.8, 4) is 17.2 Å². The molecule has 4 rings (SSSR count). The highest BCUT2D eigenvalue weighted by Crippen LogP contribution is 2.32. The summed E-state index contributed by atoms with van der Waals surface area (Å²) in [6, 6.07) is 12.1. The number of carbonyl (C=O) groups is 1. The van der Waals surface area contributed by atoms with E-state index in [0.717, 1.165) is 29.8 Å². The lowest BCUT2D eigenvalue weighted by atomic mass is 9.92. The van der Waals surface area contributed by atoms with Crippen molar-refractivity contribution in [2.24, 2.45) is 0 Å². The van der Waals surface area contributed by atoms with Crippen LogP contribution in [0.15, 0.2) is 48.8 Å². The maximum Gasteiger partial charge on any atom is 0.256 e. The minimum Gasteiger partial charge on any atom is -0.340 e. The molecule has 1 unspecified atom stereocenters. The molecule has 1 aliphatic rings. The molecule has 0 radical (unpaired) electrons. The zero-order valence-electron chi connectivity index (χ0n) is 16.6. The van der Waals surface area contributed by atoms with Gasteiger partial charge in [0.15, 0.2) is 6.17 Å². The van der Waals surface area contributed by atoms with Crippen LogP contribution in [-0.4, -0.2) is 49.8 Å². The zero-order chi connectivity index (χ0) is 20.4. The summed E-state index contributed by atoms with van der Waals surface area (Å²) in [7, 11) is 0. The maximum atomic E-state index is 13.4. The quantitative estimate of drug-likeness (QED) is 0.678. The summed E-state index contributed by atoms with van der Waals surface area (Å²) in [5.74, 6) is 0.296. The van der Waals surface area contributed by atoms with Gasteiger partial charge in [-0.05, 0) is 38.8 Å². The molecule has 1 saturated heterocycles. The van der Waals surface area contributed by atoms with Crippen molar-refractivity contribution in [3.05, 3.63) is 60.0 Å². The normalized spacial score (nSPS) is 16.0. The van der Waals surface area contributed by atoms with Gasteiger partial charge in [-0.15, -0.1) is 0 Å². The molecule has 0 aliphatic carbocycles. The van der Waals surface area contributed by atoms with E-state index >= 15 is 0 Å². The van der Waals surface area contributed by atoms with Crippen LogP contribution in [0.4, 0.5) is 4.39 Å². The summed E-state index contributed by atoms with van der Waals surface area (Å²) in [5, 5.41) is 4.79. The van der Waals surface area contributed by atoms with Crippen LogP contribution in [0.5, 0.6) is 0 Å². The Morgan fingerprint density at radius 1 is 1.14 bits per heavy atom. The second kappa shape index (κ2) is 8.11. The molecule has 0 saturated carbocycles. The highest BCUT2D eigenvalue weighted by atomic mass is 19.1. The predicted octanol–water partition coefficient (Wildman–Crippen LogP) is 3.70. The highest BCUT2D eigenvalue weighted by molar-refractivity contribution is 5.80. The molecule has 1 atom stereocenters. The first-order valence-corrected chi connectivity index (χ1v) is 9.90. The number of likely N-dealkylation sites (tertiary alicyclic amines) is 1. The molecule has 1 aliphatic heterocycles. The Kier molecular flexibility index (Phi) is 5.38. The summed E-state index contributed by atoms with van der Waals surface area (Å²) >= 11 is 0. The van der Waals surface area contributed by atoms with Crippen LogP contribution in [0.3, 0.4) is 0 Å². The van der Waals surface area contributed by atoms with E-state index in [9.17, 15) is 9.18 Å². The van der Waals surface area contributed by atoms with Gasteiger partial charge >= 0.3 is 0 Å². The number of alkyl halides is 1. The van der Waals surface area contributed by atoms with Gasteiger partial charge in [0.1, 0.15) is 0 Å². The first-order valence-electron chi connectivity index (χ1n) is 9.90. The second-order valence-corrected chi connectivity index (χ2v) is 7.50. The number of hydrogen-bond acceptors (Lipinski definition) is 4. The molecule has 3 heterocycles. The SMILES string of the molecule is Cc1ccc(-c2cc(C3CCN(C(=O)C(C)F)CC3)n(-c3ncccn3)n2)cc1. The molecule has 2 aromatic heterocycles. The number of nitrogens with zero attached hydrogens (tertiary/aromatic N) is 5. The monoisotopic (exact) mass is 393 g/mol. The molecule has 3 aromatic rings. The number of halogens is 1. The Morgan fingerprint density at radius 3 is 2.41 bits per heavy atom. The van der Waals surface area contributed by atoms with Crippen molar-refractivity contribution in [2.45, 2.75) is 38.8 Å². The predicted molar refractivity (Wildman–Crippen MR) is 108 cm³/mol. The average molecular weight is 393 g/mol. The van der Waals surface area contributed by atoms with Gasteiger partial charge in [-0.1, -0.05) is 29.8 Å². The fraction of sp³-hybridized carbons (Fsp3) is 0.364. The zero-order valence-corrected chi connectivity index (χ0v) is 16.6. The van der Waals surface area contributed by atoms with E-state index in [1.54, 1.807) is 28.0 Å². The topological polar surface area (TPSA) is 63.9 Å². The van der Waals surface area contributed by atoms with Gasteiger partial charge in [0.2, 0.25) is 0 Å². The number of piperidine rings is 1. The molecular formula is C22H24FN5O. The van der Waals surface area contributed by atoms with E-state index in [2.05, 4.69) is 47.2 Å². The summed E-state index contributed by atoms with van der Waals surface area (Å²) in [6.45, 7) is 4.43. The van der Waals surface area contributed by atoms with Crippen molar-refractivity contribution in [2.75, 3.05) is 13.1 Å². The average Bonchev–Trinajstić information content (AvgIpc) is 3.20. The summed E-state index contributed by atoms with van der Waals surface area (Å²) in [5.41, 5.74) is 4.11. The van der Waals surface area contributed by atoms with Gasteiger partial charge in [-0.25, -0.2) is 19.0 Å². The smallest absolute Gasteiger partial charge is 0.256 e. The van der Waals surface area contributed by atoms with Gasteiger partial charge in [0.05, 0.1) is 11.4 Å².